The molecule has 0 heterocycles. The van der Waals surface area contributed by atoms with Gasteiger partial charge in [0.2, 0.25) is 0 Å². The summed E-state index contributed by atoms with van der Waals surface area (Å²) in [5.74, 6) is 0. The molecule has 0 aliphatic rings. The van der Waals surface area contributed by atoms with Crippen molar-refractivity contribution in [2.45, 2.75) is 52.4 Å². The summed E-state index contributed by atoms with van der Waals surface area (Å²) in [6, 6.07) is 21.3. The first-order valence-electron chi connectivity index (χ1n) is 9.72. The summed E-state index contributed by atoms with van der Waals surface area (Å²) in [5.41, 5.74) is 0. The molecule has 0 aliphatic heterocycles. The molecule has 3 heteroatoms. The van der Waals surface area contributed by atoms with E-state index in [1.807, 2.05) is 0 Å². The van der Waals surface area contributed by atoms with Gasteiger partial charge in [-0.2, -0.15) is 0 Å². The predicted molar refractivity (Wildman–Crippen MR) is 109 cm³/mol. The molecule has 0 aromatic heterocycles. The molecular formula is C22H32O2Sn. The van der Waals surface area contributed by atoms with Crippen LogP contribution in [0, 0.1) is 0 Å². The molecule has 2 rings (SSSR count). The van der Waals surface area contributed by atoms with Crippen molar-refractivity contribution in [3.63, 3.8) is 0 Å². The summed E-state index contributed by atoms with van der Waals surface area (Å²) in [4.78, 5) is 0. The van der Waals surface area contributed by atoms with Crippen molar-refractivity contribution in [2.75, 3.05) is 13.2 Å². The molecule has 0 amide bonds. The second-order valence-electron chi connectivity index (χ2n) is 6.46. The van der Waals surface area contributed by atoms with Gasteiger partial charge in [-0.15, -0.1) is 0 Å². The fraction of sp³-hybridized carbons (Fsp3) is 0.455. The quantitative estimate of drug-likeness (QED) is 0.348. The first-order chi connectivity index (χ1) is 12.3. The van der Waals surface area contributed by atoms with E-state index < -0.39 is 19.2 Å². The van der Waals surface area contributed by atoms with Crippen LogP contribution in [0.4, 0.5) is 0 Å². The number of unbranched alkanes of at least 4 members (excludes halogenated alkanes) is 4. The van der Waals surface area contributed by atoms with Gasteiger partial charge in [-0.3, -0.25) is 0 Å². The second kappa shape index (κ2) is 11.7. The topological polar surface area (TPSA) is 18.5 Å². The van der Waals surface area contributed by atoms with Crippen molar-refractivity contribution >= 4 is 26.4 Å². The molecule has 0 saturated heterocycles. The fourth-order valence-electron chi connectivity index (χ4n) is 2.99. The normalized spacial score (nSPS) is 11.6. The maximum absolute atomic E-state index is 6.67. The average Bonchev–Trinajstić information content (AvgIpc) is 2.68. The summed E-state index contributed by atoms with van der Waals surface area (Å²) < 4.78 is 15.9. The minimum atomic E-state index is -3.59. The van der Waals surface area contributed by atoms with Gasteiger partial charge in [0.1, 0.15) is 0 Å². The molecule has 2 nitrogen and oxygen atoms in total. The van der Waals surface area contributed by atoms with Crippen molar-refractivity contribution in [2.24, 2.45) is 0 Å². The van der Waals surface area contributed by atoms with Gasteiger partial charge in [0.25, 0.3) is 0 Å². The van der Waals surface area contributed by atoms with Crippen LogP contribution in [0.3, 0.4) is 0 Å². The molecule has 0 spiro atoms. The molecule has 0 atom stereocenters. The van der Waals surface area contributed by atoms with Crippen molar-refractivity contribution in [1.82, 2.24) is 0 Å². The molecule has 0 N–H and O–H groups in total. The van der Waals surface area contributed by atoms with E-state index in [9.17, 15) is 0 Å². The van der Waals surface area contributed by atoms with Crippen LogP contribution in [0.25, 0.3) is 0 Å². The molecule has 0 saturated carbocycles. The molecule has 0 radical (unpaired) electrons. The summed E-state index contributed by atoms with van der Waals surface area (Å²) in [5, 5.41) is 0. The molecule has 2 aromatic carbocycles. The zero-order chi connectivity index (χ0) is 17.8. The first-order valence-corrected chi connectivity index (χ1v) is 14.9. The fourth-order valence-corrected chi connectivity index (χ4v) is 12.2. The molecular weight excluding hydrogens is 415 g/mol. The monoisotopic (exact) mass is 448 g/mol. The summed E-state index contributed by atoms with van der Waals surface area (Å²) in [6.45, 7) is 6.04. The van der Waals surface area contributed by atoms with E-state index in [4.69, 9.17) is 6.15 Å². The summed E-state index contributed by atoms with van der Waals surface area (Å²) in [6.07, 6.45) is 7.04. The van der Waals surface area contributed by atoms with Crippen molar-refractivity contribution in [1.29, 1.82) is 0 Å². The first kappa shape index (κ1) is 20.5. The molecule has 2 aromatic rings. The Labute approximate surface area is 158 Å². The van der Waals surface area contributed by atoms with Gasteiger partial charge in [-0.1, -0.05) is 0 Å². The van der Waals surface area contributed by atoms with Crippen LogP contribution in [0.2, 0.25) is 0 Å². The van der Waals surface area contributed by atoms with Gasteiger partial charge < -0.3 is 0 Å². The molecule has 0 bridgehead atoms. The Morgan fingerprint density at radius 3 is 1.36 bits per heavy atom. The van der Waals surface area contributed by atoms with E-state index in [1.165, 1.54) is 32.8 Å². The van der Waals surface area contributed by atoms with E-state index in [0.717, 1.165) is 26.1 Å². The second-order valence-corrected chi connectivity index (χ2v) is 14.9. The van der Waals surface area contributed by atoms with Crippen molar-refractivity contribution < 1.29 is 6.15 Å². The number of rotatable bonds is 12. The van der Waals surface area contributed by atoms with Crippen LogP contribution < -0.4 is 7.16 Å². The zero-order valence-corrected chi connectivity index (χ0v) is 18.6. The molecule has 0 fully saturated rings. The molecule has 0 aliphatic carbocycles. The zero-order valence-electron chi connectivity index (χ0n) is 15.7. The average molecular weight is 447 g/mol. The number of benzene rings is 2. The van der Waals surface area contributed by atoms with Crippen LogP contribution in [-0.2, 0) is 6.15 Å². The Morgan fingerprint density at radius 2 is 1.00 bits per heavy atom. The van der Waals surface area contributed by atoms with Gasteiger partial charge in [0.05, 0.1) is 0 Å². The van der Waals surface area contributed by atoms with Crippen molar-refractivity contribution in [3.8, 4) is 0 Å². The standard InChI is InChI=1S/2C6H5.2C5H11O.Sn/c2*1-2-4-6-5-3-1;2*1-2-3-4-5-6;/h2*1-5H;2*2-5H2,1H3;/q;;2*-1;+2. The molecule has 0 unspecified atom stereocenters. The Kier molecular flexibility index (Phi) is 9.59. The van der Waals surface area contributed by atoms with Gasteiger partial charge in [-0.25, -0.2) is 0 Å². The van der Waals surface area contributed by atoms with E-state index in [-0.39, 0.29) is 0 Å². The van der Waals surface area contributed by atoms with Crippen molar-refractivity contribution in [3.05, 3.63) is 60.7 Å². The maximum atomic E-state index is 6.67. The predicted octanol–water partition coefficient (Wildman–Crippen LogP) is 4.66. The van der Waals surface area contributed by atoms with E-state index in [0.29, 0.717) is 0 Å². The third kappa shape index (κ3) is 6.12. The van der Waals surface area contributed by atoms with Crippen LogP contribution >= 0.6 is 0 Å². The summed E-state index contributed by atoms with van der Waals surface area (Å²) in [7, 11) is 0. The van der Waals surface area contributed by atoms with Crippen LogP contribution in [0.1, 0.15) is 52.4 Å². The van der Waals surface area contributed by atoms with Gasteiger partial charge in [0, 0.05) is 0 Å². The van der Waals surface area contributed by atoms with E-state index in [1.54, 1.807) is 0 Å². The van der Waals surface area contributed by atoms with Gasteiger partial charge >= 0.3 is 159 Å². The Morgan fingerprint density at radius 1 is 0.600 bits per heavy atom. The molecule has 136 valence electrons. The van der Waals surface area contributed by atoms with Crippen LogP contribution in [-0.4, -0.2) is 32.4 Å². The SMILES string of the molecule is CCCCC[O][Sn]([O]CCCCC)([c]1ccccc1)[c]1ccccc1. The van der Waals surface area contributed by atoms with Crippen LogP contribution in [0.15, 0.2) is 60.7 Å². The minimum absolute atomic E-state index is 0.793. The van der Waals surface area contributed by atoms with E-state index >= 15 is 0 Å². The van der Waals surface area contributed by atoms with Crippen LogP contribution in [0.5, 0.6) is 0 Å². The third-order valence-electron chi connectivity index (χ3n) is 4.41. The van der Waals surface area contributed by atoms with Gasteiger partial charge in [-0.05, 0) is 0 Å². The molecule has 25 heavy (non-hydrogen) atoms. The number of hydrogen-bond donors (Lipinski definition) is 0. The Bertz CT molecular complexity index is 518. The number of hydrogen-bond acceptors (Lipinski definition) is 2. The summed E-state index contributed by atoms with van der Waals surface area (Å²) >= 11 is -3.59. The Balaban J connectivity index is 2.30. The van der Waals surface area contributed by atoms with Gasteiger partial charge in [0.15, 0.2) is 0 Å². The van der Waals surface area contributed by atoms with E-state index in [2.05, 4.69) is 74.5 Å². The Hall–Kier alpha value is -0.841. The third-order valence-corrected chi connectivity index (χ3v) is 14.1.